The number of hydrogen-bond donors (Lipinski definition) is 2. The van der Waals surface area contributed by atoms with E-state index in [4.69, 9.17) is 0 Å². The highest BCUT2D eigenvalue weighted by molar-refractivity contribution is 5.79. The maximum absolute atomic E-state index is 13.0. The van der Waals surface area contributed by atoms with Crippen LogP contribution in [0.2, 0.25) is 0 Å². The number of rotatable bonds is 3. The van der Waals surface area contributed by atoms with Gasteiger partial charge in [-0.2, -0.15) is 0 Å². The molecular formula is C27H50N2O. The Bertz CT molecular complexity index is 493. The molecule has 2 aliphatic carbocycles. The van der Waals surface area contributed by atoms with Crippen LogP contribution >= 0.6 is 0 Å². The molecular weight excluding hydrogens is 368 g/mol. The molecule has 1 aliphatic heterocycles. The Labute approximate surface area is 186 Å². The van der Waals surface area contributed by atoms with E-state index in [9.17, 15) is 4.79 Å². The van der Waals surface area contributed by atoms with Gasteiger partial charge < -0.3 is 10.6 Å². The number of carbonyl (C=O) groups is 1. The van der Waals surface area contributed by atoms with E-state index in [1.807, 2.05) is 0 Å². The average molecular weight is 419 g/mol. The van der Waals surface area contributed by atoms with Gasteiger partial charge in [0.15, 0.2) is 0 Å². The Morgan fingerprint density at radius 1 is 0.833 bits per heavy atom. The number of nitrogens with one attached hydrogen (secondary N) is 2. The fraction of sp³-hybridized carbons (Fsp3) is 0.963. The van der Waals surface area contributed by atoms with Crippen molar-refractivity contribution in [3.63, 3.8) is 0 Å². The van der Waals surface area contributed by atoms with Crippen molar-refractivity contribution in [2.75, 3.05) is 6.54 Å². The molecule has 1 spiro atoms. The van der Waals surface area contributed by atoms with Crippen LogP contribution in [0.3, 0.4) is 0 Å². The first-order valence-electron chi connectivity index (χ1n) is 13.4. The van der Waals surface area contributed by atoms with E-state index in [0.29, 0.717) is 22.9 Å². The Morgan fingerprint density at radius 3 is 1.90 bits per heavy atom. The van der Waals surface area contributed by atoms with Crippen molar-refractivity contribution in [3.05, 3.63) is 0 Å². The average Bonchev–Trinajstić information content (AvgIpc) is 2.75. The second-order valence-electron chi connectivity index (χ2n) is 12.2. The maximum atomic E-state index is 13.0. The first-order chi connectivity index (χ1) is 14.4. The summed E-state index contributed by atoms with van der Waals surface area (Å²) in [4.78, 5) is 13.0. The molecule has 1 unspecified atom stereocenters. The zero-order chi connectivity index (χ0) is 21.5. The van der Waals surface area contributed by atoms with Gasteiger partial charge in [-0.15, -0.1) is 0 Å². The maximum Gasteiger partial charge on any atom is 0.224 e. The van der Waals surface area contributed by atoms with Crippen molar-refractivity contribution < 1.29 is 4.79 Å². The minimum atomic E-state index is 0.182. The van der Waals surface area contributed by atoms with Gasteiger partial charge in [-0.05, 0) is 69.1 Å². The summed E-state index contributed by atoms with van der Waals surface area (Å²) in [7, 11) is 0. The SMILES string of the molecule is CC(C)(C)CC1CCC(NC(=O)C2CCC3(CCCCCCCCCC3)NC2)CC1. The van der Waals surface area contributed by atoms with Gasteiger partial charge in [0, 0.05) is 18.1 Å². The monoisotopic (exact) mass is 418 g/mol. The molecule has 3 heteroatoms. The summed E-state index contributed by atoms with van der Waals surface area (Å²) in [5.74, 6) is 1.36. The summed E-state index contributed by atoms with van der Waals surface area (Å²) in [6.45, 7) is 7.95. The number of hydrogen-bond acceptors (Lipinski definition) is 2. The van der Waals surface area contributed by atoms with Crippen LogP contribution in [0, 0.1) is 17.3 Å². The highest BCUT2D eigenvalue weighted by Gasteiger charge is 2.37. The van der Waals surface area contributed by atoms with Gasteiger partial charge >= 0.3 is 0 Å². The van der Waals surface area contributed by atoms with Gasteiger partial charge in [0.2, 0.25) is 5.91 Å². The van der Waals surface area contributed by atoms with E-state index >= 15 is 0 Å². The van der Waals surface area contributed by atoms with E-state index in [-0.39, 0.29) is 5.92 Å². The van der Waals surface area contributed by atoms with Gasteiger partial charge in [-0.3, -0.25) is 4.79 Å². The normalized spacial score (nSPS) is 31.6. The van der Waals surface area contributed by atoms with Gasteiger partial charge in [0.1, 0.15) is 0 Å². The molecule has 1 atom stereocenters. The molecule has 2 N–H and O–H groups in total. The van der Waals surface area contributed by atoms with E-state index in [1.165, 1.54) is 103 Å². The van der Waals surface area contributed by atoms with Crippen molar-refractivity contribution >= 4 is 5.91 Å². The lowest BCUT2D eigenvalue weighted by atomic mass is 9.76. The zero-order valence-electron chi connectivity index (χ0n) is 20.4. The van der Waals surface area contributed by atoms with Crippen molar-refractivity contribution in [1.82, 2.24) is 10.6 Å². The van der Waals surface area contributed by atoms with Crippen LogP contribution < -0.4 is 10.6 Å². The molecule has 0 radical (unpaired) electrons. The van der Waals surface area contributed by atoms with Crippen molar-refractivity contribution in [2.24, 2.45) is 17.3 Å². The van der Waals surface area contributed by atoms with Gasteiger partial charge in [0.25, 0.3) is 0 Å². The lowest BCUT2D eigenvalue weighted by Crippen LogP contribution is -2.54. The summed E-state index contributed by atoms with van der Waals surface area (Å²) in [5.41, 5.74) is 0.755. The highest BCUT2D eigenvalue weighted by atomic mass is 16.2. The van der Waals surface area contributed by atoms with Crippen molar-refractivity contribution in [2.45, 2.75) is 142 Å². The van der Waals surface area contributed by atoms with Gasteiger partial charge in [-0.1, -0.05) is 72.1 Å². The van der Waals surface area contributed by atoms with Crippen LogP contribution in [-0.2, 0) is 4.79 Å². The summed E-state index contributed by atoms with van der Waals surface area (Å²) < 4.78 is 0. The third-order valence-corrected chi connectivity index (χ3v) is 8.22. The molecule has 0 aromatic rings. The van der Waals surface area contributed by atoms with Crippen LogP contribution in [0.25, 0.3) is 0 Å². The minimum Gasteiger partial charge on any atom is -0.353 e. The molecule has 174 valence electrons. The fourth-order valence-electron chi connectivity index (χ4n) is 6.44. The van der Waals surface area contributed by atoms with E-state index in [2.05, 4.69) is 31.4 Å². The third kappa shape index (κ3) is 7.84. The number of piperidine rings is 1. The Hall–Kier alpha value is -0.570. The second kappa shape index (κ2) is 11.3. The molecule has 3 nitrogen and oxygen atoms in total. The smallest absolute Gasteiger partial charge is 0.224 e. The van der Waals surface area contributed by atoms with Crippen LogP contribution in [0.5, 0.6) is 0 Å². The fourth-order valence-corrected chi connectivity index (χ4v) is 6.44. The minimum absolute atomic E-state index is 0.182. The summed E-state index contributed by atoms with van der Waals surface area (Å²) in [6, 6.07) is 0.419. The molecule has 1 heterocycles. The summed E-state index contributed by atoms with van der Waals surface area (Å²) in [5, 5.41) is 7.34. The van der Waals surface area contributed by atoms with Gasteiger partial charge in [-0.25, -0.2) is 0 Å². The molecule has 0 bridgehead atoms. The Balaban J connectivity index is 1.41. The predicted octanol–water partition coefficient (Wildman–Crippen LogP) is 6.75. The number of amides is 1. The van der Waals surface area contributed by atoms with Crippen LogP contribution in [0.1, 0.15) is 130 Å². The third-order valence-electron chi connectivity index (χ3n) is 8.22. The molecule has 3 aliphatic rings. The molecule has 0 aromatic carbocycles. The molecule has 3 rings (SSSR count). The molecule has 0 aromatic heterocycles. The summed E-state index contributed by atoms with van der Waals surface area (Å²) >= 11 is 0. The molecule has 30 heavy (non-hydrogen) atoms. The first-order valence-corrected chi connectivity index (χ1v) is 13.4. The van der Waals surface area contributed by atoms with Crippen molar-refractivity contribution in [1.29, 1.82) is 0 Å². The first kappa shape index (κ1) is 24.1. The Morgan fingerprint density at radius 2 is 1.40 bits per heavy atom. The predicted molar refractivity (Wildman–Crippen MR) is 128 cm³/mol. The zero-order valence-corrected chi connectivity index (χ0v) is 20.4. The largest absolute Gasteiger partial charge is 0.353 e. The number of carbonyl (C=O) groups excluding carboxylic acids is 1. The lowest BCUT2D eigenvalue weighted by Gasteiger charge is -2.42. The second-order valence-corrected chi connectivity index (χ2v) is 12.2. The molecule has 1 saturated heterocycles. The lowest BCUT2D eigenvalue weighted by molar-refractivity contribution is -0.127. The standard InChI is InChI=1S/C27H50N2O/c1-26(2,3)20-22-12-14-24(15-13-22)29-25(30)23-16-19-27(28-21-23)17-10-8-6-4-5-7-9-11-18-27/h22-24,28H,4-21H2,1-3H3,(H,29,30). The summed E-state index contributed by atoms with van der Waals surface area (Å²) in [6.07, 6.45) is 22.4. The topological polar surface area (TPSA) is 41.1 Å². The van der Waals surface area contributed by atoms with Gasteiger partial charge in [0.05, 0.1) is 5.92 Å². The van der Waals surface area contributed by atoms with Crippen molar-refractivity contribution in [3.8, 4) is 0 Å². The van der Waals surface area contributed by atoms with Crippen LogP contribution in [0.4, 0.5) is 0 Å². The van der Waals surface area contributed by atoms with E-state index in [0.717, 1.165) is 18.9 Å². The molecule has 1 amide bonds. The molecule has 2 saturated carbocycles. The van der Waals surface area contributed by atoms with Crippen LogP contribution in [-0.4, -0.2) is 24.0 Å². The quantitative estimate of drug-likeness (QED) is 0.532. The Kier molecular flexibility index (Phi) is 9.10. The van der Waals surface area contributed by atoms with Crippen LogP contribution in [0.15, 0.2) is 0 Å². The van der Waals surface area contributed by atoms with E-state index < -0.39 is 0 Å². The highest BCUT2D eigenvalue weighted by Crippen LogP contribution is 2.36. The molecule has 3 fully saturated rings. The van der Waals surface area contributed by atoms with E-state index in [1.54, 1.807) is 0 Å².